The number of nitrogens with zero attached hydrogens (tertiary/aromatic N) is 4. The van der Waals surface area contributed by atoms with Crippen molar-refractivity contribution >= 4 is 52.6 Å². The third-order valence-electron chi connectivity index (χ3n) is 5.16. The number of nitrogens with one attached hydrogen (secondary N) is 1. The van der Waals surface area contributed by atoms with Gasteiger partial charge in [0.15, 0.2) is 32.9 Å². The average Bonchev–Trinajstić information content (AvgIpc) is 3.30. The van der Waals surface area contributed by atoms with E-state index in [-0.39, 0.29) is 10.9 Å². The fourth-order valence-electron chi connectivity index (χ4n) is 3.51. The van der Waals surface area contributed by atoms with Gasteiger partial charge in [-0.3, -0.25) is 9.13 Å². The fourth-order valence-corrected chi connectivity index (χ4v) is 7.82. The molecule has 0 spiro atoms. The van der Waals surface area contributed by atoms with Crippen molar-refractivity contribution in [3.63, 3.8) is 0 Å². The zero-order chi connectivity index (χ0) is 26.8. The van der Waals surface area contributed by atoms with Gasteiger partial charge < -0.3 is 34.0 Å². The van der Waals surface area contributed by atoms with Gasteiger partial charge in [0.25, 0.3) is 0 Å². The standard InChI is InChI=1S/C18H25ClFN5O8P2Si/c1-4-6-10(5-2)36(3)24-15-11-7-21-25(16(11)23-18(19)22-15)17-13(20)14(26)12(33-17)8-32-35(30,31)9-34(27,28)29/h4-7,12-14,17,26,36H,1-2,8-9H2,3H3,(H,30,31)(H,22,23,24)(H2,27,28,29)/b10-6+/t12-,13+,14-,17-,36+/m1/s1. The number of aromatic nitrogens is 4. The molecule has 36 heavy (non-hydrogen) atoms. The predicted molar refractivity (Wildman–Crippen MR) is 133 cm³/mol. The summed E-state index contributed by atoms with van der Waals surface area (Å²) in [5, 5.41) is 15.6. The normalized spacial score (nSPS) is 25.5. The molecule has 1 aliphatic rings. The highest BCUT2D eigenvalue weighted by Crippen LogP contribution is 2.55. The Morgan fingerprint density at radius 2 is 2.08 bits per heavy atom. The van der Waals surface area contributed by atoms with Gasteiger partial charge in [-0.1, -0.05) is 37.9 Å². The van der Waals surface area contributed by atoms with Crippen LogP contribution < -0.4 is 4.98 Å². The summed E-state index contributed by atoms with van der Waals surface area (Å²) in [5.74, 6) is -1.09. The molecule has 0 bridgehead atoms. The van der Waals surface area contributed by atoms with Crippen molar-refractivity contribution in [3.05, 3.63) is 48.1 Å². The summed E-state index contributed by atoms with van der Waals surface area (Å²) in [6, 6.07) is 0. The van der Waals surface area contributed by atoms with Gasteiger partial charge in [0, 0.05) is 0 Å². The second kappa shape index (κ2) is 11.3. The highest BCUT2D eigenvalue weighted by Gasteiger charge is 2.47. The lowest BCUT2D eigenvalue weighted by molar-refractivity contribution is -0.0472. The number of aliphatic hydroxyl groups excluding tert-OH is 1. The Balaban J connectivity index is 1.84. The first-order valence-corrected chi connectivity index (χ1v) is 16.6. The number of aliphatic hydroxyl groups is 1. The van der Waals surface area contributed by atoms with Crippen LogP contribution in [0, 0.1) is 0 Å². The smallest absolute Gasteiger partial charge is 0.340 e. The molecular weight excluding hydrogens is 559 g/mol. The number of ether oxygens (including phenoxy) is 1. The Kier molecular flexibility index (Phi) is 9.05. The highest BCUT2D eigenvalue weighted by atomic mass is 35.5. The van der Waals surface area contributed by atoms with Crippen molar-refractivity contribution in [1.29, 1.82) is 0 Å². The molecule has 198 valence electrons. The third kappa shape index (κ3) is 6.75. The van der Waals surface area contributed by atoms with Crippen molar-refractivity contribution in [2.75, 3.05) is 17.5 Å². The van der Waals surface area contributed by atoms with Gasteiger partial charge in [-0.25, -0.2) is 14.1 Å². The first-order chi connectivity index (χ1) is 16.8. The Morgan fingerprint density at radius 3 is 2.69 bits per heavy atom. The van der Waals surface area contributed by atoms with E-state index in [4.69, 9.17) is 26.1 Å². The lowest BCUT2D eigenvalue weighted by Gasteiger charge is -2.18. The molecule has 1 unspecified atom stereocenters. The molecule has 13 nitrogen and oxygen atoms in total. The van der Waals surface area contributed by atoms with Crippen LogP contribution in [0.15, 0.2) is 42.8 Å². The first kappa shape index (κ1) is 28.8. The Bertz CT molecular complexity index is 1280. The van der Waals surface area contributed by atoms with Crippen LogP contribution >= 0.6 is 26.8 Å². The quantitative estimate of drug-likeness (QED) is 0.112. The van der Waals surface area contributed by atoms with Crippen molar-refractivity contribution in [3.8, 4) is 0 Å². The van der Waals surface area contributed by atoms with Gasteiger partial charge in [0.05, 0.1) is 18.2 Å². The maximum Gasteiger partial charge on any atom is 0.340 e. The van der Waals surface area contributed by atoms with Crippen LogP contribution in [0.5, 0.6) is 0 Å². The van der Waals surface area contributed by atoms with Crippen LogP contribution in [0.2, 0.25) is 11.8 Å². The van der Waals surface area contributed by atoms with Crippen LogP contribution in [0.3, 0.4) is 0 Å². The number of hydrogen-bond acceptors (Lipinski definition) is 9. The summed E-state index contributed by atoms with van der Waals surface area (Å²) < 4.78 is 49.1. The van der Waals surface area contributed by atoms with Gasteiger partial charge >= 0.3 is 15.2 Å². The predicted octanol–water partition coefficient (Wildman–Crippen LogP) is 2.02. The molecule has 1 fully saturated rings. The Morgan fingerprint density at radius 1 is 1.39 bits per heavy atom. The van der Waals surface area contributed by atoms with Gasteiger partial charge in [0.2, 0.25) is 5.28 Å². The van der Waals surface area contributed by atoms with Crippen molar-refractivity contribution in [1.82, 2.24) is 19.7 Å². The zero-order valence-corrected chi connectivity index (χ0v) is 22.6. The van der Waals surface area contributed by atoms with E-state index >= 15 is 4.39 Å². The molecule has 0 radical (unpaired) electrons. The highest BCUT2D eigenvalue weighted by molar-refractivity contribution is 7.70. The summed E-state index contributed by atoms with van der Waals surface area (Å²) in [6.07, 6.45) is -0.289. The topological polar surface area (TPSA) is 189 Å². The average molecular weight is 584 g/mol. The summed E-state index contributed by atoms with van der Waals surface area (Å²) in [4.78, 5) is 39.0. The second-order valence-corrected chi connectivity index (χ2v) is 14.6. The fraction of sp³-hybridized carbons (Fsp3) is 0.389. The molecule has 2 aromatic rings. The number of fused-ring (bicyclic) bond motifs is 1. The number of allylic oxidation sites excluding steroid dienone is 4. The van der Waals surface area contributed by atoms with Crippen LogP contribution in [0.1, 0.15) is 6.23 Å². The molecule has 5 N–H and O–H groups in total. The van der Waals surface area contributed by atoms with Crippen LogP contribution in [-0.4, -0.2) is 79.4 Å². The van der Waals surface area contributed by atoms with E-state index in [1.165, 1.54) is 6.20 Å². The molecule has 0 amide bonds. The van der Waals surface area contributed by atoms with E-state index in [0.29, 0.717) is 11.2 Å². The minimum atomic E-state index is -4.86. The molecule has 1 saturated heterocycles. The number of hydrogen-bond donors (Lipinski definition) is 5. The maximum absolute atomic E-state index is 15.0. The zero-order valence-electron chi connectivity index (χ0n) is 18.9. The second-order valence-electron chi connectivity index (χ2n) is 7.88. The van der Waals surface area contributed by atoms with Gasteiger partial charge in [-0.2, -0.15) is 10.1 Å². The summed E-state index contributed by atoms with van der Waals surface area (Å²) in [6.45, 7) is 8.64. The lowest BCUT2D eigenvalue weighted by Crippen LogP contribution is -2.31. The largest absolute Gasteiger partial charge is 0.394 e. The van der Waals surface area contributed by atoms with E-state index in [1.807, 2.05) is 12.6 Å². The van der Waals surface area contributed by atoms with Gasteiger partial charge in [-0.15, -0.1) is 0 Å². The number of alkyl halides is 1. The summed E-state index contributed by atoms with van der Waals surface area (Å²) >= 11 is 6.10. The molecule has 6 atom stereocenters. The molecule has 0 saturated carbocycles. The Labute approximate surface area is 211 Å². The minimum Gasteiger partial charge on any atom is -0.394 e. The molecular formula is C18H25ClFN5O8P2Si. The molecule has 18 heteroatoms. The van der Waals surface area contributed by atoms with E-state index in [0.717, 1.165) is 9.88 Å². The van der Waals surface area contributed by atoms with E-state index in [2.05, 4.69) is 37.7 Å². The molecule has 2 aromatic heterocycles. The van der Waals surface area contributed by atoms with E-state index in [9.17, 15) is 19.1 Å². The first-order valence-electron chi connectivity index (χ1n) is 10.4. The van der Waals surface area contributed by atoms with Gasteiger partial charge in [0.1, 0.15) is 18.0 Å². The maximum atomic E-state index is 15.0. The summed E-state index contributed by atoms with van der Waals surface area (Å²) in [5.41, 5.74) is 0.0994. The van der Waals surface area contributed by atoms with E-state index < -0.39 is 61.3 Å². The van der Waals surface area contributed by atoms with Crippen molar-refractivity contribution in [2.45, 2.75) is 31.2 Å². The van der Waals surface area contributed by atoms with Crippen LogP contribution in [0.4, 0.5) is 10.2 Å². The number of anilines is 1. The van der Waals surface area contributed by atoms with Gasteiger partial charge in [-0.05, 0) is 16.8 Å². The van der Waals surface area contributed by atoms with E-state index in [1.54, 1.807) is 12.2 Å². The molecule has 3 rings (SSSR count). The lowest BCUT2D eigenvalue weighted by atomic mass is 10.1. The van der Waals surface area contributed by atoms with Crippen molar-refractivity contribution < 1.29 is 42.6 Å². The van der Waals surface area contributed by atoms with Crippen molar-refractivity contribution in [2.24, 2.45) is 0 Å². The number of rotatable bonds is 11. The minimum absolute atomic E-state index is 0.0994. The third-order valence-corrected chi connectivity index (χ3v) is 10.9. The molecule has 0 aliphatic carbocycles. The molecule has 3 heterocycles. The molecule has 0 aromatic carbocycles. The van der Waals surface area contributed by atoms with Crippen LogP contribution in [0.25, 0.3) is 11.0 Å². The molecule has 1 aliphatic heterocycles. The SMILES string of the molecule is C=C/C=C(\C=C)[Si@H](C)Nc1nc(Cl)nc2c1cnn2[C@@H]1O[C@H](COP(=O)(O)CP(=O)(O)O)[C@@H](O)[C@@H]1F. The number of halogens is 2. The van der Waals surface area contributed by atoms with Crippen LogP contribution in [-0.2, 0) is 18.4 Å². The summed E-state index contributed by atoms with van der Waals surface area (Å²) in [7, 11) is -11.4. The Hall–Kier alpha value is -1.77. The monoisotopic (exact) mass is 583 g/mol.